The molecule has 0 atom stereocenters. The number of esters is 1. The summed E-state index contributed by atoms with van der Waals surface area (Å²) in [5.41, 5.74) is 0.527. The molecule has 0 spiro atoms. The van der Waals surface area contributed by atoms with Crippen LogP contribution < -0.4 is 4.74 Å². The number of hydrogen-bond acceptors (Lipinski definition) is 4. The van der Waals surface area contributed by atoms with Gasteiger partial charge in [0, 0.05) is 11.6 Å². The van der Waals surface area contributed by atoms with E-state index in [1.54, 1.807) is 37.1 Å². The number of carbonyl (C=O) groups excluding carboxylic acids is 2. The van der Waals surface area contributed by atoms with Gasteiger partial charge in [0.25, 0.3) is 5.91 Å². The normalized spacial score (nSPS) is 13.7. The Hall–Kier alpha value is -1.56. The maximum absolute atomic E-state index is 12.6. The van der Waals surface area contributed by atoms with Crippen LogP contribution in [0.4, 0.5) is 0 Å². The molecule has 2 rings (SSSR count). The van der Waals surface area contributed by atoms with E-state index in [0.29, 0.717) is 22.4 Å². The van der Waals surface area contributed by atoms with Crippen LogP contribution >= 0.6 is 15.9 Å². The molecule has 0 N–H and O–H groups in total. The van der Waals surface area contributed by atoms with Gasteiger partial charge >= 0.3 is 5.97 Å². The molecule has 21 heavy (non-hydrogen) atoms. The van der Waals surface area contributed by atoms with Gasteiger partial charge in [-0.3, -0.25) is 9.59 Å². The fraction of sp³-hybridized carbons (Fsp3) is 0.467. The van der Waals surface area contributed by atoms with Crippen LogP contribution in [0.3, 0.4) is 0 Å². The summed E-state index contributed by atoms with van der Waals surface area (Å²) in [6.45, 7) is 2.07. The first-order chi connectivity index (χ1) is 10.1. The molecule has 0 aromatic heterocycles. The lowest BCUT2D eigenvalue weighted by molar-refractivity contribution is -0.144. The number of hydrogen-bond donors (Lipinski definition) is 0. The van der Waals surface area contributed by atoms with Crippen LogP contribution in [0.2, 0.25) is 0 Å². The lowest BCUT2D eigenvalue weighted by Gasteiger charge is -2.21. The van der Waals surface area contributed by atoms with Crippen molar-refractivity contribution in [3.8, 4) is 5.75 Å². The summed E-state index contributed by atoms with van der Waals surface area (Å²) < 4.78 is 10.8. The van der Waals surface area contributed by atoms with Crippen molar-refractivity contribution in [2.24, 2.45) is 0 Å². The number of carbonyl (C=O) groups is 2. The molecular weight excluding hydrogens is 338 g/mol. The van der Waals surface area contributed by atoms with Crippen LogP contribution in [0, 0.1) is 0 Å². The van der Waals surface area contributed by atoms with Gasteiger partial charge in [0.1, 0.15) is 12.3 Å². The molecule has 114 valence electrons. The Morgan fingerprint density at radius 3 is 2.62 bits per heavy atom. The van der Waals surface area contributed by atoms with Crippen LogP contribution in [0.15, 0.2) is 22.7 Å². The molecule has 0 heterocycles. The zero-order valence-electron chi connectivity index (χ0n) is 12.1. The molecule has 0 bridgehead atoms. The second-order valence-electron chi connectivity index (χ2n) is 4.82. The van der Waals surface area contributed by atoms with E-state index >= 15 is 0 Å². The molecule has 0 unspecified atom stereocenters. The lowest BCUT2D eigenvalue weighted by Crippen LogP contribution is -2.38. The summed E-state index contributed by atoms with van der Waals surface area (Å²) in [6.07, 6.45) is 1.87. The van der Waals surface area contributed by atoms with Gasteiger partial charge in [0.05, 0.1) is 18.2 Å². The Bertz CT molecular complexity index is 542. The Labute approximate surface area is 132 Å². The standard InChI is InChI=1S/C15H18BrNO4/c1-3-21-14(18)9-17(11-5-6-11)15(19)10-4-7-13(20-2)12(16)8-10/h4,7-8,11H,3,5-6,9H2,1-2H3. The average Bonchev–Trinajstić information content (AvgIpc) is 3.29. The Balaban J connectivity index is 2.14. The molecule has 1 amide bonds. The first-order valence-corrected chi connectivity index (χ1v) is 7.66. The molecular formula is C15H18BrNO4. The van der Waals surface area contributed by atoms with Gasteiger partial charge in [0.2, 0.25) is 0 Å². The van der Waals surface area contributed by atoms with Gasteiger partial charge in [-0.05, 0) is 53.9 Å². The van der Waals surface area contributed by atoms with Gasteiger partial charge in [-0.25, -0.2) is 0 Å². The fourth-order valence-electron chi connectivity index (χ4n) is 2.06. The minimum atomic E-state index is -0.370. The molecule has 0 radical (unpaired) electrons. The van der Waals surface area contributed by atoms with Crippen molar-refractivity contribution in [1.29, 1.82) is 0 Å². The average molecular weight is 356 g/mol. The van der Waals surface area contributed by atoms with Crippen molar-refractivity contribution >= 4 is 27.8 Å². The predicted octanol–water partition coefficient (Wildman–Crippen LogP) is 2.63. The van der Waals surface area contributed by atoms with E-state index in [2.05, 4.69) is 15.9 Å². The molecule has 1 aliphatic carbocycles. The summed E-state index contributed by atoms with van der Waals surface area (Å²) in [5.74, 6) is 0.133. The molecule has 1 aromatic rings. The summed E-state index contributed by atoms with van der Waals surface area (Å²) in [5, 5.41) is 0. The summed E-state index contributed by atoms with van der Waals surface area (Å²) >= 11 is 3.37. The smallest absolute Gasteiger partial charge is 0.325 e. The highest BCUT2D eigenvalue weighted by Crippen LogP contribution is 2.30. The van der Waals surface area contributed by atoms with Gasteiger partial charge in [-0.2, -0.15) is 0 Å². The second-order valence-corrected chi connectivity index (χ2v) is 5.67. The van der Waals surface area contributed by atoms with E-state index in [1.807, 2.05) is 0 Å². The van der Waals surface area contributed by atoms with Crippen molar-refractivity contribution in [3.05, 3.63) is 28.2 Å². The van der Waals surface area contributed by atoms with E-state index in [4.69, 9.17) is 9.47 Å². The number of rotatable bonds is 6. The van der Waals surface area contributed by atoms with Gasteiger partial charge in [-0.1, -0.05) is 0 Å². The third kappa shape index (κ3) is 3.97. The third-order valence-corrected chi connectivity index (χ3v) is 3.87. The number of benzene rings is 1. The van der Waals surface area contributed by atoms with E-state index in [1.165, 1.54) is 0 Å². The third-order valence-electron chi connectivity index (χ3n) is 3.25. The van der Waals surface area contributed by atoms with Gasteiger partial charge < -0.3 is 14.4 Å². The maximum Gasteiger partial charge on any atom is 0.325 e. The van der Waals surface area contributed by atoms with Crippen LogP contribution in [0.5, 0.6) is 5.75 Å². The highest BCUT2D eigenvalue weighted by molar-refractivity contribution is 9.10. The van der Waals surface area contributed by atoms with Gasteiger partial charge in [0.15, 0.2) is 0 Å². The largest absolute Gasteiger partial charge is 0.496 e. The molecule has 1 saturated carbocycles. The van der Waals surface area contributed by atoms with E-state index < -0.39 is 0 Å². The van der Waals surface area contributed by atoms with E-state index in [0.717, 1.165) is 12.8 Å². The topological polar surface area (TPSA) is 55.8 Å². The van der Waals surface area contributed by atoms with Crippen molar-refractivity contribution in [3.63, 3.8) is 0 Å². The van der Waals surface area contributed by atoms with Crippen molar-refractivity contribution in [1.82, 2.24) is 4.90 Å². The lowest BCUT2D eigenvalue weighted by atomic mass is 10.2. The van der Waals surface area contributed by atoms with E-state index in [9.17, 15) is 9.59 Å². The first kappa shape index (κ1) is 15.8. The maximum atomic E-state index is 12.6. The first-order valence-electron chi connectivity index (χ1n) is 6.87. The van der Waals surface area contributed by atoms with Crippen molar-refractivity contribution < 1.29 is 19.1 Å². The zero-order chi connectivity index (χ0) is 15.4. The number of nitrogens with zero attached hydrogens (tertiary/aromatic N) is 1. The Kier molecular flexibility index (Phi) is 5.22. The summed E-state index contributed by atoms with van der Waals surface area (Å²) in [7, 11) is 1.57. The van der Waals surface area contributed by atoms with Crippen LogP contribution in [0.25, 0.3) is 0 Å². The van der Waals surface area contributed by atoms with Gasteiger partial charge in [-0.15, -0.1) is 0 Å². The molecule has 5 nitrogen and oxygen atoms in total. The van der Waals surface area contributed by atoms with Crippen LogP contribution in [0.1, 0.15) is 30.1 Å². The summed E-state index contributed by atoms with van der Waals surface area (Å²) in [4.78, 5) is 25.8. The minimum Gasteiger partial charge on any atom is -0.496 e. The Morgan fingerprint density at radius 2 is 2.10 bits per heavy atom. The molecule has 0 saturated heterocycles. The number of methoxy groups -OCH3 is 1. The van der Waals surface area contributed by atoms with Crippen LogP contribution in [-0.4, -0.2) is 43.1 Å². The minimum absolute atomic E-state index is 0.000980. The van der Waals surface area contributed by atoms with Crippen LogP contribution in [-0.2, 0) is 9.53 Å². The number of halogens is 1. The van der Waals surface area contributed by atoms with Crippen molar-refractivity contribution in [2.45, 2.75) is 25.8 Å². The molecule has 1 fully saturated rings. The van der Waals surface area contributed by atoms with Crippen molar-refractivity contribution in [2.75, 3.05) is 20.3 Å². The monoisotopic (exact) mass is 355 g/mol. The highest BCUT2D eigenvalue weighted by atomic mass is 79.9. The highest BCUT2D eigenvalue weighted by Gasteiger charge is 2.34. The second kappa shape index (κ2) is 6.93. The molecule has 6 heteroatoms. The summed E-state index contributed by atoms with van der Waals surface area (Å²) in [6, 6.07) is 5.28. The molecule has 0 aliphatic heterocycles. The fourth-order valence-corrected chi connectivity index (χ4v) is 2.60. The quantitative estimate of drug-likeness (QED) is 0.736. The predicted molar refractivity (Wildman–Crippen MR) is 81.4 cm³/mol. The SMILES string of the molecule is CCOC(=O)CN(C(=O)c1ccc(OC)c(Br)c1)C1CC1. The zero-order valence-corrected chi connectivity index (χ0v) is 13.7. The molecule has 1 aliphatic rings. The van der Waals surface area contributed by atoms with E-state index in [-0.39, 0.29) is 24.5 Å². The molecule has 1 aromatic carbocycles. The number of ether oxygens (including phenoxy) is 2. The Morgan fingerprint density at radius 1 is 1.38 bits per heavy atom. The number of amides is 1.